The van der Waals surface area contributed by atoms with Crippen LogP contribution in [0.4, 0.5) is 0 Å². The van der Waals surface area contributed by atoms with Gasteiger partial charge in [-0.3, -0.25) is 14.4 Å². The van der Waals surface area contributed by atoms with Crippen molar-refractivity contribution in [3.05, 3.63) is 18.2 Å². The number of hydrogen-bond acceptors (Lipinski definition) is 8. The molecule has 5 atom stereocenters. The average Bonchev–Trinajstić information content (AvgIpc) is 3.42. The molecular formula is C18H28N6O7. The number of hydrogen-bond donors (Lipinski definition) is 8. The van der Waals surface area contributed by atoms with Crippen molar-refractivity contribution in [1.82, 2.24) is 31.2 Å². The SMILES string of the molecule is CC(O)C(NC(=O)C1CCCN1)C(=O)NC(CO)C(=O)NC(Cc1cnc[nH]1)C(=O)O. The third-order valence-electron chi connectivity index (χ3n) is 4.85. The highest BCUT2D eigenvalue weighted by Gasteiger charge is 2.33. The molecule has 13 heteroatoms. The lowest BCUT2D eigenvalue weighted by Gasteiger charge is -2.25. The summed E-state index contributed by atoms with van der Waals surface area (Å²) >= 11 is 0. The zero-order chi connectivity index (χ0) is 23.0. The standard InChI is InChI=1S/C18H28N6O7/c1-9(26)14(24-15(27)11-3-2-4-20-11)17(29)23-13(7-25)16(28)22-12(18(30)31)5-10-6-19-8-21-10/h6,8-9,11-14,20,25-26H,2-5,7H2,1H3,(H,19,21)(H,22,28)(H,23,29)(H,24,27)(H,30,31). The molecule has 2 heterocycles. The second-order valence-electron chi connectivity index (χ2n) is 7.30. The molecule has 0 aliphatic carbocycles. The number of H-pyrrole nitrogens is 1. The quantitative estimate of drug-likeness (QED) is 0.172. The van der Waals surface area contributed by atoms with Crippen LogP contribution >= 0.6 is 0 Å². The molecule has 1 aromatic heterocycles. The third-order valence-corrected chi connectivity index (χ3v) is 4.85. The van der Waals surface area contributed by atoms with Gasteiger partial charge in [-0.2, -0.15) is 0 Å². The second kappa shape index (κ2) is 11.4. The molecule has 13 nitrogen and oxygen atoms in total. The summed E-state index contributed by atoms with van der Waals surface area (Å²) in [4.78, 5) is 55.2. The molecule has 0 bridgehead atoms. The van der Waals surface area contributed by atoms with E-state index in [1.165, 1.54) is 19.4 Å². The van der Waals surface area contributed by atoms with Crippen molar-refractivity contribution in [2.24, 2.45) is 0 Å². The van der Waals surface area contributed by atoms with Gasteiger partial charge >= 0.3 is 5.97 Å². The minimum Gasteiger partial charge on any atom is -0.480 e. The van der Waals surface area contributed by atoms with Gasteiger partial charge < -0.3 is 41.6 Å². The Bertz CT molecular complexity index is 763. The minimum absolute atomic E-state index is 0.0894. The van der Waals surface area contributed by atoms with Crippen LogP contribution in [-0.4, -0.2) is 92.4 Å². The van der Waals surface area contributed by atoms with Crippen LogP contribution in [0.3, 0.4) is 0 Å². The Morgan fingerprint density at radius 1 is 1.19 bits per heavy atom. The first kappa shape index (κ1) is 24.2. The van der Waals surface area contributed by atoms with Gasteiger partial charge in [0.25, 0.3) is 0 Å². The van der Waals surface area contributed by atoms with Crippen molar-refractivity contribution in [3.8, 4) is 0 Å². The lowest BCUT2D eigenvalue weighted by molar-refractivity contribution is -0.142. The van der Waals surface area contributed by atoms with E-state index in [4.69, 9.17) is 0 Å². The molecule has 172 valence electrons. The largest absolute Gasteiger partial charge is 0.480 e. The van der Waals surface area contributed by atoms with Crippen molar-refractivity contribution < 1.29 is 34.5 Å². The predicted molar refractivity (Wildman–Crippen MR) is 106 cm³/mol. The number of aromatic amines is 1. The fourth-order valence-electron chi connectivity index (χ4n) is 3.11. The zero-order valence-electron chi connectivity index (χ0n) is 17.0. The summed E-state index contributed by atoms with van der Waals surface area (Å²) in [6.07, 6.45) is 2.79. The van der Waals surface area contributed by atoms with E-state index in [2.05, 4.69) is 31.2 Å². The van der Waals surface area contributed by atoms with Crippen molar-refractivity contribution in [2.75, 3.05) is 13.2 Å². The Morgan fingerprint density at radius 2 is 1.90 bits per heavy atom. The van der Waals surface area contributed by atoms with E-state index in [0.29, 0.717) is 18.7 Å². The highest BCUT2D eigenvalue weighted by atomic mass is 16.4. The van der Waals surface area contributed by atoms with Crippen molar-refractivity contribution in [3.63, 3.8) is 0 Å². The molecule has 3 amide bonds. The Kier molecular flexibility index (Phi) is 8.90. The topological polar surface area (TPSA) is 206 Å². The number of carboxylic acids is 1. The maximum absolute atomic E-state index is 12.6. The van der Waals surface area contributed by atoms with E-state index in [0.717, 1.165) is 6.42 Å². The Labute approximate surface area is 178 Å². The highest BCUT2D eigenvalue weighted by molar-refractivity contribution is 5.94. The number of aliphatic carboxylic acids is 1. The van der Waals surface area contributed by atoms with Crippen molar-refractivity contribution in [2.45, 2.75) is 56.5 Å². The zero-order valence-corrected chi connectivity index (χ0v) is 17.0. The van der Waals surface area contributed by atoms with Gasteiger partial charge in [-0.25, -0.2) is 9.78 Å². The Hall–Kier alpha value is -3.03. The Morgan fingerprint density at radius 3 is 2.42 bits per heavy atom. The molecule has 1 aliphatic rings. The Balaban J connectivity index is 1.98. The number of rotatable bonds is 11. The average molecular weight is 440 g/mol. The molecule has 5 unspecified atom stereocenters. The van der Waals surface area contributed by atoms with Crippen molar-refractivity contribution >= 4 is 23.7 Å². The van der Waals surface area contributed by atoms with Gasteiger partial charge in [0, 0.05) is 18.3 Å². The van der Waals surface area contributed by atoms with Crippen LogP contribution < -0.4 is 21.3 Å². The first-order valence-electron chi connectivity index (χ1n) is 9.86. The summed E-state index contributed by atoms with van der Waals surface area (Å²) in [5, 5.41) is 38.7. The van der Waals surface area contributed by atoms with E-state index in [1.807, 2.05) is 0 Å². The van der Waals surface area contributed by atoms with Crippen LogP contribution in [0.5, 0.6) is 0 Å². The summed E-state index contributed by atoms with van der Waals surface area (Å²) in [5.41, 5.74) is 0.467. The molecule has 31 heavy (non-hydrogen) atoms. The third kappa shape index (κ3) is 7.01. The number of carbonyl (C=O) groups excluding carboxylic acids is 3. The number of aromatic nitrogens is 2. The molecule has 8 N–H and O–H groups in total. The summed E-state index contributed by atoms with van der Waals surface area (Å²) in [7, 11) is 0. The molecular weight excluding hydrogens is 412 g/mol. The summed E-state index contributed by atoms with van der Waals surface area (Å²) in [6.45, 7) is 1.14. The number of imidazole rings is 1. The maximum Gasteiger partial charge on any atom is 0.326 e. The van der Waals surface area contributed by atoms with Crippen LogP contribution in [0.15, 0.2) is 12.5 Å². The number of nitrogens with zero attached hydrogens (tertiary/aromatic N) is 1. The number of carboxylic acid groups (broad SMARTS) is 1. The van der Waals surface area contributed by atoms with Gasteiger partial charge in [0.05, 0.1) is 25.1 Å². The molecule has 1 fully saturated rings. The van der Waals surface area contributed by atoms with Gasteiger partial charge in [0.1, 0.15) is 18.1 Å². The number of nitrogens with one attached hydrogen (secondary N) is 5. The fourth-order valence-corrected chi connectivity index (χ4v) is 3.11. The fraction of sp³-hybridized carbons (Fsp3) is 0.611. The maximum atomic E-state index is 12.6. The van der Waals surface area contributed by atoms with Gasteiger partial charge in [-0.1, -0.05) is 0 Å². The highest BCUT2D eigenvalue weighted by Crippen LogP contribution is 2.06. The smallest absolute Gasteiger partial charge is 0.326 e. The monoisotopic (exact) mass is 440 g/mol. The van der Waals surface area contributed by atoms with E-state index in [1.54, 1.807) is 0 Å². The van der Waals surface area contributed by atoms with E-state index in [9.17, 15) is 34.5 Å². The lowest BCUT2D eigenvalue weighted by atomic mass is 10.1. The first-order chi connectivity index (χ1) is 14.7. The van der Waals surface area contributed by atoms with Crippen LogP contribution in [0.25, 0.3) is 0 Å². The van der Waals surface area contributed by atoms with Crippen molar-refractivity contribution in [1.29, 1.82) is 0 Å². The van der Waals surface area contributed by atoms with Crippen LogP contribution in [0, 0.1) is 0 Å². The van der Waals surface area contributed by atoms with E-state index >= 15 is 0 Å². The summed E-state index contributed by atoms with van der Waals surface area (Å²) in [6, 6.07) is -4.67. The molecule has 0 aromatic carbocycles. The number of aliphatic hydroxyl groups excluding tert-OH is 2. The number of carbonyl (C=O) groups is 4. The summed E-state index contributed by atoms with van der Waals surface area (Å²) in [5.74, 6) is -3.61. The second-order valence-corrected chi connectivity index (χ2v) is 7.30. The normalized spacial score (nSPS) is 19.6. The van der Waals surface area contributed by atoms with Gasteiger partial charge in [-0.05, 0) is 26.3 Å². The number of amides is 3. The molecule has 0 spiro atoms. The van der Waals surface area contributed by atoms with Gasteiger partial charge in [0.15, 0.2) is 0 Å². The van der Waals surface area contributed by atoms with Gasteiger partial charge in [-0.15, -0.1) is 0 Å². The van der Waals surface area contributed by atoms with Crippen LogP contribution in [0.1, 0.15) is 25.5 Å². The molecule has 1 aliphatic heterocycles. The molecule has 1 saturated heterocycles. The molecule has 0 saturated carbocycles. The van der Waals surface area contributed by atoms with E-state index < -0.39 is 60.6 Å². The van der Waals surface area contributed by atoms with Gasteiger partial charge in [0.2, 0.25) is 17.7 Å². The van der Waals surface area contributed by atoms with Crippen LogP contribution in [0.2, 0.25) is 0 Å². The predicted octanol–water partition coefficient (Wildman–Crippen LogP) is -3.38. The molecule has 0 radical (unpaired) electrons. The summed E-state index contributed by atoms with van der Waals surface area (Å²) < 4.78 is 0. The first-order valence-corrected chi connectivity index (χ1v) is 9.86. The van der Waals surface area contributed by atoms with E-state index in [-0.39, 0.29) is 6.42 Å². The molecule has 1 aromatic rings. The number of aliphatic hydroxyl groups is 2. The molecule has 2 rings (SSSR count). The lowest BCUT2D eigenvalue weighted by Crippen LogP contribution is -2.60. The van der Waals surface area contributed by atoms with Crippen LogP contribution in [-0.2, 0) is 25.6 Å². The minimum atomic E-state index is -1.49.